The van der Waals surface area contributed by atoms with Crippen LogP contribution in [-0.4, -0.2) is 28.4 Å². The highest BCUT2D eigenvalue weighted by Crippen LogP contribution is 2.11. The van der Waals surface area contributed by atoms with E-state index >= 15 is 0 Å². The Morgan fingerprint density at radius 1 is 1.43 bits per heavy atom. The van der Waals surface area contributed by atoms with E-state index in [9.17, 15) is 0 Å². The summed E-state index contributed by atoms with van der Waals surface area (Å²) in [5.74, 6) is 0.930. The van der Waals surface area contributed by atoms with Crippen LogP contribution in [0.3, 0.4) is 0 Å². The van der Waals surface area contributed by atoms with Gasteiger partial charge in [-0.2, -0.15) is 0 Å². The number of hydrogen-bond donors (Lipinski definition) is 0. The zero-order valence-electron chi connectivity index (χ0n) is 9.08. The number of rotatable bonds is 3. The van der Waals surface area contributed by atoms with Crippen molar-refractivity contribution in [2.45, 2.75) is 25.6 Å². The van der Waals surface area contributed by atoms with Gasteiger partial charge >= 0.3 is 0 Å². The summed E-state index contributed by atoms with van der Waals surface area (Å²) >= 11 is 3.52. The van der Waals surface area contributed by atoms with Crippen molar-refractivity contribution in [3.63, 3.8) is 0 Å². The van der Waals surface area contributed by atoms with Crippen LogP contribution in [0, 0.1) is 13.8 Å². The fraction of sp³-hybridized carbons (Fsp3) is 0.600. The van der Waals surface area contributed by atoms with Crippen molar-refractivity contribution in [2.24, 2.45) is 0 Å². The Labute approximate surface area is 93.7 Å². The van der Waals surface area contributed by atoms with Gasteiger partial charge in [-0.1, -0.05) is 22.9 Å². The van der Waals surface area contributed by atoms with E-state index in [1.54, 1.807) is 0 Å². The zero-order chi connectivity index (χ0) is 10.7. The molecule has 0 saturated carbocycles. The number of aromatic nitrogens is 2. The van der Waals surface area contributed by atoms with Gasteiger partial charge in [0.25, 0.3) is 0 Å². The van der Waals surface area contributed by atoms with Crippen molar-refractivity contribution >= 4 is 21.7 Å². The Balaban J connectivity index is 2.80. The Kier molecular flexibility index (Phi) is 3.86. The van der Waals surface area contributed by atoms with Gasteiger partial charge in [0.05, 0.1) is 17.6 Å². The monoisotopic (exact) mass is 257 g/mol. The molecule has 0 N–H and O–H groups in total. The lowest BCUT2D eigenvalue weighted by atomic mass is 10.3. The summed E-state index contributed by atoms with van der Waals surface area (Å²) in [5, 5.41) is 0. The minimum atomic E-state index is 0.455. The highest BCUT2D eigenvalue weighted by Gasteiger charge is 2.06. The second kappa shape index (κ2) is 4.73. The molecular weight excluding hydrogens is 242 g/mol. The molecule has 1 aromatic rings. The van der Waals surface area contributed by atoms with Gasteiger partial charge in [-0.05, 0) is 13.8 Å². The first-order valence-corrected chi connectivity index (χ1v) is 5.57. The van der Waals surface area contributed by atoms with Crippen LogP contribution < -0.4 is 4.90 Å². The molecule has 0 aliphatic rings. The SMILES string of the molecule is Cc1ncc(N(C)CC(C)Br)nc1C. The van der Waals surface area contributed by atoms with Crippen molar-refractivity contribution in [1.82, 2.24) is 9.97 Å². The molecule has 0 aliphatic heterocycles. The van der Waals surface area contributed by atoms with Gasteiger partial charge in [0.2, 0.25) is 0 Å². The van der Waals surface area contributed by atoms with Crippen molar-refractivity contribution < 1.29 is 0 Å². The molecule has 0 saturated heterocycles. The van der Waals surface area contributed by atoms with Crippen LogP contribution in [0.15, 0.2) is 6.20 Å². The molecule has 1 atom stereocenters. The van der Waals surface area contributed by atoms with Gasteiger partial charge in [0.1, 0.15) is 5.82 Å². The molecule has 3 nitrogen and oxygen atoms in total. The maximum absolute atomic E-state index is 4.47. The van der Waals surface area contributed by atoms with E-state index in [2.05, 4.69) is 37.7 Å². The van der Waals surface area contributed by atoms with Gasteiger partial charge in [-0.3, -0.25) is 4.98 Å². The molecule has 0 fully saturated rings. The summed E-state index contributed by atoms with van der Waals surface area (Å²) in [5.41, 5.74) is 1.99. The van der Waals surface area contributed by atoms with Gasteiger partial charge in [-0.25, -0.2) is 4.98 Å². The van der Waals surface area contributed by atoms with Crippen LogP contribution in [0.2, 0.25) is 0 Å². The quantitative estimate of drug-likeness (QED) is 0.779. The van der Waals surface area contributed by atoms with E-state index in [1.807, 2.05) is 27.1 Å². The van der Waals surface area contributed by atoms with Crippen molar-refractivity contribution in [1.29, 1.82) is 0 Å². The first-order chi connectivity index (χ1) is 6.50. The van der Waals surface area contributed by atoms with Crippen LogP contribution in [0.4, 0.5) is 5.82 Å². The maximum atomic E-state index is 4.47. The third kappa shape index (κ3) is 2.94. The largest absolute Gasteiger partial charge is 0.357 e. The highest BCUT2D eigenvalue weighted by atomic mass is 79.9. The molecule has 0 bridgehead atoms. The van der Waals surface area contributed by atoms with E-state index in [-0.39, 0.29) is 0 Å². The molecule has 1 heterocycles. The third-order valence-corrected chi connectivity index (χ3v) is 2.39. The number of aryl methyl sites for hydroxylation is 2. The Hall–Kier alpha value is -0.640. The topological polar surface area (TPSA) is 29.0 Å². The lowest BCUT2D eigenvalue weighted by molar-refractivity contribution is 0.847. The second-order valence-electron chi connectivity index (χ2n) is 3.56. The van der Waals surface area contributed by atoms with E-state index in [4.69, 9.17) is 0 Å². The molecule has 1 unspecified atom stereocenters. The summed E-state index contributed by atoms with van der Waals surface area (Å²) in [6.45, 7) is 7.00. The average Bonchev–Trinajstić information content (AvgIpc) is 2.08. The summed E-state index contributed by atoms with van der Waals surface area (Å²) < 4.78 is 0. The van der Waals surface area contributed by atoms with Crippen LogP contribution in [0.5, 0.6) is 0 Å². The molecule has 1 aromatic heterocycles. The molecule has 0 radical (unpaired) electrons. The van der Waals surface area contributed by atoms with Gasteiger partial charge in [0.15, 0.2) is 0 Å². The number of alkyl halides is 1. The lowest BCUT2D eigenvalue weighted by Gasteiger charge is -2.19. The molecule has 14 heavy (non-hydrogen) atoms. The van der Waals surface area contributed by atoms with E-state index in [0.29, 0.717) is 4.83 Å². The summed E-state index contributed by atoms with van der Waals surface area (Å²) in [6, 6.07) is 0. The number of halogens is 1. The molecular formula is C10H16BrN3. The molecule has 0 amide bonds. The van der Waals surface area contributed by atoms with Crippen LogP contribution in [0.25, 0.3) is 0 Å². The summed E-state index contributed by atoms with van der Waals surface area (Å²) in [6.07, 6.45) is 1.82. The zero-order valence-corrected chi connectivity index (χ0v) is 10.7. The maximum Gasteiger partial charge on any atom is 0.147 e. The van der Waals surface area contributed by atoms with E-state index < -0.39 is 0 Å². The predicted octanol–water partition coefficient (Wildman–Crippen LogP) is 2.31. The van der Waals surface area contributed by atoms with Crippen LogP contribution in [0.1, 0.15) is 18.3 Å². The second-order valence-corrected chi connectivity index (χ2v) is 5.12. The smallest absolute Gasteiger partial charge is 0.147 e. The summed E-state index contributed by atoms with van der Waals surface area (Å²) in [7, 11) is 2.02. The first-order valence-electron chi connectivity index (χ1n) is 4.66. The highest BCUT2D eigenvalue weighted by molar-refractivity contribution is 9.09. The van der Waals surface area contributed by atoms with E-state index in [1.165, 1.54) is 0 Å². The number of nitrogens with zero attached hydrogens (tertiary/aromatic N) is 3. The van der Waals surface area contributed by atoms with Crippen molar-refractivity contribution in [3.05, 3.63) is 17.6 Å². The average molecular weight is 258 g/mol. The summed E-state index contributed by atoms with van der Waals surface area (Å²) in [4.78, 5) is 11.3. The van der Waals surface area contributed by atoms with Crippen LogP contribution >= 0.6 is 15.9 Å². The van der Waals surface area contributed by atoms with Gasteiger partial charge < -0.3 is 4.90 Å². The predicted molar refractivity (Wildman–Crippen MR) is 63.2 cm³/mol. The van der Waals surface area contributed by atoms with Gasteiger partial charge in [-0.15, -0.1) is 0 Å². The molecule has 1 rings (SSSR count). The normalized spacial score (nSPS) is 12.6. The fourth-order valence-electron chi connectivity index (χ4n) is 1.18. The minimum absolute atomic E-state index is 0.455. The standard InChI is InChI=1S/C10H16BrN3/c1-7(11)6-14(4)10-5-12-8(2)9(3)13-10/h5,7H,6H2,1-4H3. The minimum Gasteiger partial charge on any atom is -0.357 e. The fourth-order valence-corrected chi connectivity index (χ4v) is 1.62. The molecule has 4 heteroatoms. The van der Waals surface area contributed by atoms with E-state index in [0.717, 1.165) is 23.8 Å². The third-order valence-electron chi connectivity index (χ3n) is 2.10. The number of hydrogen-bond acceptors (Lipinski definition) is 3. The van der Waals surface area contributed by atoms with Crippen LogP contribution in [-0.2, 0) is 0 Å². The lowest BCUT2D eigenvalue weighted by Crippen LogP contribution is -2.25. The Bertz CT molecular complexity index is 312. The Morgan fingerprint density at radius 3 is 2.57 bits per heavy atom. The van der Waals surface area contributed by atoms with Crippen molar-refractivity contribution in [3.8, 4) is 0 Å². The number of anilines is 1. The first kappa shape index (κ1) is 11.4. The molecule has 0 aliphatic carbocycles. The molecule has 0 spiro atoms. The Morgan fingerprint density at radius 2 is 2.07 bits per heavy atom. The molecule has 78 valence electrons. The van der Waals surface area contributed by atoms with Crippen molar-refractivity contribution in [2.75, 3.05) is 18.5 Å². The molecule has 0 aromatic carbocycles. The van der Waals surface area contributed by atoms with Gasteiger partial charge in [0, 0.05) is 18.4 Å².